The van der Waals surface area contributed by atoms with Crippen molar-refractivity contribution in [1.82, 2.24) is 15.0 Å². The average molecular weight is 475 g/mol. The average Bonchev–Trinajstić information content (AvgIpc) is 3.21. The molecule has 2 aromatic carbocycles. The molecule has 4 rings (SSSR count). The number of halogens is 3. The Morgan fingerprint density at radius 3 is 2.55 bits per heavy atom. The molecular weight excluding hydrogens is 459 g/mol. The van der Waals surface area contributed by atoms with Crippen LogP contribution in [0, 0.1) is 17.5 Å². The molecule has 0 aliphatic carbocycles. The Hall–Kier alpha value is -3.93. The maximum Gasteiger partial charge on any atom is 0.264 e. The highest BCUT2D eigenvalue weighted by Crippen LogP contribution is 2.30. The first-order valence-corrected chi connectivity index (χ1v) is 11.1. The highest BCUT2D eigenvalue weighted by atomic mass is 32.2. The lowest BCUT2D eigenvalue weighted by atomic mass is 10.0. The third-order valence-corrected chi connectivity index (χ3v) is 6.15. The van der Waals surface area contributed by atoms with E-state index in [0.29, 0.717) is 6.54 Å². The van der Waals surface area contributed by atoms with E-state index in [1.807, 2.05) is 4.72 Å². The number of H-pyrrole nitrogens is 1. The summed E-state index contributed by atoms with van der Waals surface area (Å²) < 4.78 is 70.7. The van der Waals surface area contributed by atoms with Gasteiger partial charge in [-0.05, 0) is 31.2 Å². The third-order valence-electron chi connectivity index (χ3n) is 4.75. The van der Waals surface area contributed by atoms with Crippen molar-refractivity contribution < 1.29 is 26.4 Å². The summed E-state index contributed by atoms with van der Waals surface area (Å²) in [6, 6.07) is 6.03. The molecule has 2 aromatic heterocycles. The number of sulfonamides is 1. The Kier molecular flexibility index (Phi) is 5.77. The molecule has 12 heteroatoms. The monoisotopic (exact) mass is 475 g/mol. The zero-order valence-corrected chi connectivity index (χ0v) is 17.8. The zero-order chi connectivity index (χ0) is 23.8. The number of benzene rings is 2. The summed E-state index contributed by atoms with van der Waals surface area (Å²) in [7, 11) is -4.56. The summed E-state index contributed by atoms with van der Waals surface area (Å²) in [6.45, 7) is 2.26. The predicted molar refractivity (Wildman–Crippen MR) is 115 cm³/mol. The number of carbonyl (C=O) groups is 1. The molecule has 0 aliphatic rings. The van der Waals surface area contributed by atoms with E-state index in [1.165, 1.54) is 24.7 Å². The SMILES string of the molecule is CCNc1ncnc2[nH]cc(C(=O)c3c(F)ccc(NS(=O)(=O)c4ccccc4F)c3F)c12. The molecule has 3 N–H and O–H groups in total. The highest BCUT2D eigenvalue weighted by Gasteiger charge is 2.28. The number of carbonyl (C=O) groups excluding carboxylic acids is 1. The molecule has 0 saturated carbocycles. The summed E-state index contributed by atoms with van der Waals surface area (Å²) in [5.41, 5.74) is -1.56. The molecule has 8 nitrogen and oxygen atoms in total. The van der Waals surface area contributed by atoms with Gasteiger partial charge >= 0.3 is 0 Å². The fraction of sp³-hybridized carbons (Fsp3) is 0.0952. The maximum absolute atomic E-state index is 15.2. The van der Waals surface area contributed by atoms with Crippen molar-refractivity contribution in [2.45, 2.75) is 11.8 Å². The Bertz CT molecular complexity index is 1490. The number of hydrogen-bond donors (Lipinski definition) is 3. The van der Waals surface area contributed by atoms with E-state index in [2.05, 4.69) is 20.3 Å². The van der Waals surface area contributed by atoms with Crippen LogP contribution in [0.25, 0.3) is 11.0 Å². The molecule has 0 amide bonds. The van der Waals surface area contributed by atoms with E-state index in [-0.39, 0.29) is 22.4 Å². The molecule has 0 aliphatic heterocycles. The molecule has 0 bridgehead atoms. The zero-order valence-electron chi connectivity index (χ0n) is 17.0. The van der Waals surface area contributed by atoms with Crippen molar-refractivity contribution in [3.05, 3.63) is 77.5 Å². The second-order valence-corrected chi connectivity index (χ2v) is 8.48. The Balaban J connectivity index is 1.79. The molecule has 2 heterocycles. The van der Waals surface area contributed by atoms with Gasteiger partial charge in [0, 0.05) is 12.7 Å². The third kappa shape index (κ3) is 4.00. The number of ketones is 1. The topological polar surface area (TPSA) is 117 Å². The summed E-state index contributed by atoms with van der Waals surface area (Å²) in [5.74, 6) is -4.49. The number of rotatable bonds is 7. The van der Waals surface area contributed by atoms with Gasteiger partial charge in [0.1, 0.15) is 34.3 Å². The van der Waals surface area contributed by atoms with Crippen molar-refractivity contribution in [1.29, 1.82) is 0 Å². The van der Waals surface area contributed by atoms with Crippen LogP contribution < -0.4 is 10.0 Å². The first-order chi connectivity index (χ1) is 15.7. The lowest BCUT2D eigenvalue weighted by Gasteiger charge is -2.12. The van der Waals surface area contributed by atoms with Crippen molar-refractivity contribution >= 4 is 38.3 Å². The minimum atomic E-state index is -4.56. The van der Waals surface area contributed by atoms with Gasteiger partial charge in [-0.25, -0.2) is 31.6 Å². The van der Waals surface area contributed by atoms with Gasteiger partial charge in [0.05, 0.1) is 22.2 Å². The van der Waals surface area contributed by atoms with E-state index in [1.54, 1.807) is 6.92 Å². The number of aromatic nitrogens is 3. The molecule has 0 radical (unpaired) electrons. The van der Waals surface area contributed by atoms with Gasteiger partial charge in [0.2, 0.25) is 5.78 Å². The lowest BCUT2D eigenvalue weighted by molar-refractivity contribution is 0.103. The fourth-order valence-electron chi connectivity index (χ4n) is 3.28. The van der Waals surface area contributed by atoms with Gasteiger partial charge in [-0.1, -0.05) is 12.1 Å². The van der Waals surface area contributed by atoms with Crippen LogP contribution in [0.4, 0.5) is 24.7 Å². The Morgan fingerprint density at radius 2 is 1.82 bits per heavy atom. The van der Waals surface area contributed by atoms with Gasteiger partial charge in [0.15, 0.2) is 5.82 Å². The summed E-state index contributed by atoms with van der Waals surface area (Å²) >= 11 is 0. The lowest BCUT2D eigenvalue weighted by Crippen LogP contribution is -2.17. The number of hydrogen-bond acceptors (Lipinski definition) is 6. The van der Waals surface area contributed by atoms with E-state index in [4.69, 9.17) is 0 Å². The molecule has 170 valence electrons. The Labute approximate surface area is 185 Å². The molecule has 0 spiro atoms. The minimum Gasteiger partial charge on any atom is -0.370 e. The number of nitrogens with one attached hydrogen (secondary N) is 3. The van der Waals surface area contributed by atoms with Crippen LogP contribution in [0.15, 0.2) is 53.8 Å². The van der Waals surface area contributed by atoms with Crippen LogP contribution in [0.3, 0.4) is 0 Å². The van der Waals surface area contributed by atoms with E-state index >= 15 is 4.39 Å². The van der Waals surface area contributed by atoms with Crippen molar-refractivity contribution in [3.8, 4) is 0 Å². The van der Waals surface area contributed by atoms with Crippen molar-refractivity contribution in [3.63, 3.8) is 0 Å². The van der Waals surface area contributed by atoms with Crippen LogP contribution in [0.2, 0.25) is 0 Å². The molecule has 0 saturated heterocycles. The van der Waals surface area contributed by atoms with Crippen LogP contribution in [0.5, 0.6) is 0 Å². The summed E-state index contributed by atoms with van der Waals surface area (Å²) in [4.78, 5) is 23.2. The first-order valence-electron chi connectivity index (χ1n) is 9.60. The van der Waals surface area contributed by atoms with Crippen LogP contribution in [-0.4, -0.2) is 35.7 Å². The van der Waals surface area contributed by atoms with Crippen LogP contribution >= 0.6 is 0 Å². The van der Waals surface area contributed by atoms with Gasteiger partial charge in [0.25, 0.3) is 10.0 Å². The molecule has 0 unspecified atom stereocenters. The second-order valence-electron chi connectivity index (χ2n) is 6.83. The van der Waals surface area contributed by atoms with Gasteiger partial charge in [-0.3, -0.25) is 9.52 Å². The second kappa shape index (κ2) is 8.54. The van der Waals surface area contributed by atoms with Gasteiger partial charge in [-0.15, -0.1) is 0 Å². The minimum absolute atomic E-state index is 0.117. The van der Waals surface area contributed by atoms with E-state index < -0.39 is 49.4 Å². The largest absolute Gasteiger partial charge is 0.370 e. The van der Waals surface area contributed by atoms with Crippen molar-refractivity contribution in [2.75, 3.05) is 16.6 Å². The maximum atomic E-state index is 15.2. The Morgan fingerprint density at radius 1 is 1.06 bits per heavy atom. The van der Waals surface area contributed by atoms with E-state index in [9.17, 15) is 22.0 Å². The van der Waals surface area contributed by atoms with Crippen molar-refractivity contribution in [2.24, 2.45) is 0 Å². The molecule has 4 aromatic rings. The molecule has 33 heavy (non-hydrogen) atoms. The van der Waals surface area contributed by atoms with Crippen LogP contribution in [0.1, 0.15) is 22.8 Å². The van der Waals surface area contributed by atoms with E-state index in [0.717, 1.165) is 24.3 Å². The fourth-order valence-corrected chi connectivity index (χ4v) is 4.42. The number of aromatic amines is 1. The van der Waals surface area contributed by atoms with Crippen LogP contribution in [-0.2, 0) is 10.0 Å². The summed E-state index contributed by atoms with van der Waals surface area (Å²) in [5, 5.41) is 3.16. The van der Waals surface area contributed by atoms with Gasteiger partial charge in [-0.2, -0.15) is 0 Å². The highest BCUT2D eigenvalue weighted by molar-refractivity contribution is 7.92. The number of nitrogens with zero attached hydrogens (tertiary/aromatic N) is 2. The predicted octanol–water partition coefficient (Wildman–Crippen LogP) is 3.84. The van der Waals surface area contributed by atoms with Gasteiger partial charge < -0.3 is 10.3 Å². The quantitative estimate of drug-likeness (QED) is 0.350. The molecule has 0 atom stereocenters. The standard InChI is InChI=1S/C21H16F3N5O3S/c1-2-25-20-16-11(9-26-21(16)28-10-27-20)19(30)17-13(23)7-8-14(18(17)24)29-33(31,32)15-6-4-3-5-12(15)22/h3-10,29H,2H2,1H3,(H2,25,26,27,28). The summed E-state index contributed by atoms with van der Waals surface area (Å²) in [6.07, 6.45) is 2.49. The molecule has 0 fully saturated rings. The smallest absolute Gasteiger partial charge is 0.264 e. The number of anilines is 2. The number of fused-ring (bicyclic) bond motifs is 1. The first kappa shape index (κ1) is 22.3. The molecular formula is C21H16F3N5O3S. The normalized spacial score (nSPS) is 11.5.